The van der Waals surface area contributed by atoms with E-state index < -0.39 is 10.0 Å². The van der Waals surface area contributed by atoms with E-state index in [1.807, 2.05) is 16.3 Å². The van der Waals surface area contributed by atoms with E-state index in [4.69, 9.17) is 12.2 Å². The van der Waals surface area contributed by atoms with E-state index in [1.165, 1.54) is 24.2 Å². The maximum absolute atomic E-state index is 12.7. The van der Waals surface area contributed by atoms with Gasteiger partial charge in [0.1, 0.15) is 10.0 Å². The van der Waals surface area contributed by atoms with Crippen LogP contribution in [-0.4, -0.2) is 58.1 Å². The van der Waals surface area contributed by atoms with Crippen molar-refractivity contribution in [2.45, 2.75) is 29.6 Å². The molecule has 11 heteroatoms. The summed E-state index contributed by atoms with van der Waals surface area (Å²) in [5.41, 5.74) is 0. The van der Waals surface area contributed by atoms with Gasteiger partial charge in [0.2, 0.25) is 0 Å². The quantitative estimate of drug-likeness (QED) is 0.619. The second-order valence-corrected chi connectivity index (χ2v) is 11.7. The van der Waals surface area contributed by atoms with Gasteiger partial charge in [-0.1, -0.05) is 0 Å². The lowest BCUT2D eigenvalue weighted by Crippen LogP contribution is -2.48. The normalized spacial score (nSPS) is 19.9. The van der Waals surface area contributed by atoms with Crippen molar-refractivity contribution in [1.29, 1.82) is 0 Å². The summed E-state index contributed by atoms with van der Waals surface area (Å²) in [5.74, 6) is 1.62. The summed E-state index contributed by atoms with van der Waals surface area (Å²) < 4.78 is 32.8. The monoisotopic (exact) mass is 477 g/mol. The van der Waals surface area contributed by atoms with Crippen molar-refractivity contribution in [2.75, 3.05) is 26.2 Å². The Morgan fingerprint density at radius 3 is 2.54 bits per heavy atom. The average Bonchev–Trinajstić information content (AvgIpc) is 3.30. The number of hydrogen-bond acceptors (Lipinski definition) is 6. The number of nitrogens with zero attached hydrogens (tertiary/aromatic N) is 5. The Balaban J connectivity index is 1.41. The van der Waals surface area contributed by atoms with Gasteiger partial charge >= 0.3 is 0 Å². The largest absolute Gasteiger partial charge is 0.307 e. The number of piperazine rings is 1. The molecule has 2 fully saturated rings. The van der Waals surface area contributed by atoms with Gasteiger partial charge in [-0.15, -0.1) is 11.3 Å². The van der Waals surface area contributed by atoms with Gasteiger partial charge in [-0.05, 0) is 53.1 Å². The molecule has 2 aliphatic rings. The standard InChI is InChI=1S/C15H20BrN5O2S3/c1-18-14(11-2-3-11)17-21(15(18)24)10-19-6-8-20(9-7-19)26(22,23)13-5-4-12(16)25-13/h4-5,11H,2-3,6-10H2,1H3. The molecule has 1 saturated heterocycles. The van der Waals surface area contributed by atoms with Crippen molar-refractivity contribution in [3.8, 4) is 0 Å². The minimum atomic E-state index is -3.40. The molecule has 2 aromatic heterocycles. The van der Waals surface area contributed by atoms with Crippen LogP contribution in [0.4, 0.5) is 0 Å². The lowest BCUT2D eigenvalue weighted by Gasteiger charge is -2.33. The second kappa shape index (κ2) is 7.10. The van der Waals surface area contributed by atoms with E-state index in [9.17, 15) is 8.42 Å². The highest BCUT2D eigenvalue weighted by Gasteiger charge is 2.31. The smallest absolute Gasteiger partial charge is 0.252 e. The molecule has 0 N–H and O–H groups in total. The van der Waals surface area contributed by atoms with Crippen molar-refractivity contribution >= 4 is 49.5 Å². The van der Waals surface area contributed by atoms with E-state index in [2.05, 4.69) is 25.9 Å². The average molecular weight is 478 g/mol. The number of sulfonamides is 1. The number of aromatic nitrogens is 3. The molecule has 0 radical (unpaired) electrons. The third-order valence-electron chi connectivity index (χ3n) is 4.82. The lowest BCUT2D eigenvalue weighted by molar-refractivity contribution is 0.144. The SMILES string of the molecule is Cn1c(C2CC2)nn(CN2CCN(S(=O)(=O)c3ccc(Br)s3)CC2)c1=S. The molecule has 26 heavy (non-hydrogen) atoms. The maximum atomic E-state index is 12.7. The number of thiophene rings is 1. The Bertz CT molecular complexity index is 968. The molecular weight excluding hydrogens is 458 g/mol. The summed E-state index contributed by atoms with van der Waals surface area (Å²) >= 11 is 10.1. The molecule has 4 rings (SSSR count). The van der Waals surface area contributed by atoms with Crippen LogP contribution in [0.25, 0.3) is 0 Å². The lowest BCUT2D eigenvalue weighted by atomic mass is 10.4. The van der Waals surface area contributed by atoms with Crippen molar-refractivity contribution < 1.29 is 8.42 Å². The van der Waals surface area contributed by atoms with Gasteiger partial charge in [0, 0.05) is 39.1 Å². The Labute approximate surface area is 170 Å². The van der Waals surface area contributed by atoms with E-state index >= 15 is 0 Å². The van der Waals surface area contributed by atoms with E-state index in [-0.39, 0.29) is 0 Å². The number of rotatable bonds is 5. The Hall–Kier alpha value is -0.590. The van der Waals surface area contributed by atoms with E-state index in [0.29, 0.717) is 43.0 Å². The van der Waals surface area contributed by atoms with Gasteiger partial charge in [-0.3, -0.25) is 4.90 Å². The molecule has 3 heterocycles. The van der Waals surface area contributed by atoms with Gasteiger partial charge in [0.15, 0.2) is 4.77 Å². The molecule has 1 saturated carbocycles. The van der Waals surface area contributed by atoms with Crippen molar-refractivity contribution in [3.63, 3.8) is 0 Å². The van der Waals surface area contributed by atoms with Gasteiger partial charge in [-0.2, -0.15) is 9.40 Å². The summed E-state index contributed by atoms with van der Waals surface area (Å²) in [7, 11) is -1.43. The zero-order valence-corrected chi connectivity index (χ0v) is 18.4. The molecule has 0 amide bonds. The first-order valence-corrected chi connectivity index (χ1v) is 11.9. The third kappa shape index (κ3) is 3.57. The van der Waals surface area contributed by atoms with Crippen molar-refractivity contribution in [3.05, 3.63) is 26.5 Å². The third-order valence-corrected chi connectivity index (χ3v) is 9.30. The zero-order valence-electron chi connectivity index (χ0n) is 14.3. The molecule has 0 atom stereocenters. The maximum Gasteiger partial charge on any atom is 0.252 e. The Morgan fingerprint density at radius 1 is 1.27 bits per heavy atom. The fourth-order valence-electron chi connectivity index (χ4n) is 3.16. The highest BCUT2D eigenvalue weighted by molar-refractivity contribution is 9.11. The first-order valence-electron chi connectivity index (χ1n) is 8.48. The first kappa shape index (κ1) is 18.8. The van der Waals surface area contributed by atoms with Crippen LogP contribution in [0, 0.1) is 4.77 Å². The van der Waals surface area contributed by atoms with Crippen LogP contribution in [0.15, 0.2) is 20.1 Å². The molecule has 0 aromatic carbocycles. The molecule has 0 spiro atoms. The minimum absolute atomic E-state index is 0.388. The predicted molar refractivity (Wildman–Crippen MR) is 106 cm³/mol. The highest BCUT2D eigenvalue weighted by atomic mass is 79.9. The fraction of sp³-hybridized carbons (Fsp3) is 0.600. The molecule has 0 unspecified atom stereocenters. The van der Waals surface area contributed by atoms with Gasteiger partial charge < -0.3 is 4.57 Å². The molecule has 1 aliphatic carbocycles. The summed E-state index contributed by atoms with van der Waals surface area (Å²) in [5, 5.41) is 4.68. The Kier molecular flexibility index (Phi) is 5.12. The van der Waals surface area contributed by atoms with Crippen LogP contribution >= 0.6 is 39.5 Å². The summed E-state index contributed by atoms with van der Waals surface area (Å²) in [4.78, 5) is 2.20. The van der Waals surface area contributed by atoms with Gasteiger partial charge in [-0.25, -0.2) is 13.1 Å². The topological polar surface area (TPSA) is 63.4 Å². The summed E-state index contributed by atoms with van der Waals surface area (Å²) in [6, 6.07) is 3.43. The van der Waals surface area contributed by atoms with E-state index in [0.717, 1.165) is 14.4 Å². The number of halogens is 1. The van der Waals surface area contributed by atoms with Gasteiger partial charge in [0.05, 0.1) is 10.5 Å². The number of hydrogen-bond donors (Lipinski definition) is 0. The van der Waals surface area contributed by atoms with Crippen LogP contribution < -0.4 is 0 Å². The second-order valence-electron chi connectivity index (χ2n) is 6.70. The molecule has 1 aliphatic heterocycles. The molecular formula is C15H20BrN5O2S3. The van der Waals surface area contributed by atoms with Crippen molar-refractivity contribution in [1.82, 2.24) is 23.6 Å². The van der Waals surface area contributed by atoms with Crippen LogP contribution in [-0.2, 0) is 23.7 Å². The van der Waals surface area contributed by atoms with Crippen LogP contribution in [0.2, 0.25) is 0 Å². The molecule has 0 bridgehead atoms. The molecule has 142 valence electrons. The molecule has 2 aromatic rings. The minimum Gasteiger partial charge on any atom is -0.307 e. The fourth-order valence-corrected chi connectivity index (χ4v) is 6.94. The zero-order chi connectivity index (χ0) is 18.5. The first-order chi connectivity index (χ1) is 12.4. The van der Waals surface area contributed by atoms with Crippen LogP contribution in [0.3, 0.4) is 0 Å². The van der Waals surface area contributed by atoms with Gasteiger partial charge in [0.25, 0.3) is 10.0 Å². The van der Waals surface area contributed by atoms with Crippen molar-refractivity contribution in [2.24, 2.45) is 7.05 Å². The molecule has 7 nitrogen and oxygen atoms in total. The van der Waals surface area contributed by atoms with E-state index in [1.54, 1.807) is 16.4 Å². The Morgan fingerprint density at radius 2 is 1.96 bits per heavy atom. The predicted octanol–water partition coefficient (Wildman–Crippen LogP) is 2.62. The van der Waals surface area contributed by atoms with Crippen LogP contribution in [0.1, 0.15) is 24.6 Å². The summed E-state index contributed by atoms with van der Waals surface area (Å²) in [6.07, 6.45) is 2.38. The van der Waals surface area contributed by atoms with Crippen LogP contribution in [0.5, 0.6) is 0 Å². The highest BCUT2D eigenvalue weighted by Crippen LogP contribution is 2.38. The summed E-state index contributed by atoms with van der Waals surface area (Å²) in [6.45, 7) is 2.91.